The van der Waals surface area contributed by atoms with Crippen molar-refractivity contribution < 1.29 is 22.3 Å². The summed E-state index contributed by atoms with van der Waals surface area (Å²) in [6.45, 7) is 5.02. The molecule has 0 aromatic heterocycles. The number of halogens is 4. The molecule has 0 heterocycles. The van der Waals surface area contributed by atoms with Gasteiger partial charge in [0.2, 0.25) is 0 Å². The quantitative estimate of drug-likeness (QED) is 0.624. The van der Waals surface area contributed by atoms with Crippen LogP contribution in [0.2, 0.25) is 0 Å². The summed E-state index contributed by atoms with van der Waals surface area (Å²) >= 11 is 0. The van der Waals surface area contributed by atoms with Crippen molar-refractivity contribution in [2.45, 2.75) is 32.8 Å². The summed E-state index contributed by atoms with van der Waals surface area (Å²) in [7, 11) is 0. The predicted molar refractivity (Wildman–Crippen MR) is 49.3 cm³/mol. The largest absolute Gasteiger partial charge is 0.419 e. The smallest absolute Gasteiger partial charge is 0.314 e. The van der Waals surface area contributed by atoms with Crippen molar-refractivity contribution >= 4 is 0 Å². The molecule has 0 rings (SSSR count). The Morgan fingerprint density at radius 2 is 1.53 bits per heavy atom. The third-order valence-electron chi connectivity index (χ3n) is 2.10. The van der Waals surface area contributed by atoms with Crippen molar-refractivity contribution in [1.29, 1.82) is 0 Å². The van der Waals surface area contributed by atoms with E-state index in [1.54, 1.807) is 0 Å². The molecule has 0 radical (unpaired) electrons. The topological polar surface area (TPSA) is 12.5 Å². The summed E-state index contributed by atoms with van der Waals surface area (Å²) in [5.74, 6) is -4.14. The van der Waals surface area contributed by atoms with E-state index in [0.29, 0.717) is 13.1 Å². The first kappa shape index (κ1) is 14.6. The minimum Gasteiger partial charge on any atom is -0.314 e. The summed E-state index contributed by atoms with van der Waals surface area (Å²) in [4.78, 5) is 1.81. The van der Waals surface area contributed by atoms with Gasteiger partial charge in [0.1, 0.15) is 0 Å². The van der Waals surface area contributed by atoms with Crippen molar-refractivity contribution in [3.63, 3.8) is 0 Å². The number of nitrogens with zero attached hydrogens (tertiary/aromatic N) is 1. The number of likely N-dealkylation sites (N-methyl/N-ethyl adjacent to an activating group) is 1. The molecule has 2 nitrogen and oxygen atoms in total. The number of rotatable bonds is 7. The second-order valence-corrected chi connectivity index (χ2v) is 3.28. The first-order chi connectivity index (χ1) is 6.74. The fourth-order valence-corrected chi connectivity index (χ4v) is 0.969. The molecule has 0 spiro atoms. The van der Waals surface area contributed by atoms with Crippen molar-refractivity contribution in [3.05, 3.63) is 0 Å². The molecule has 0 aliphatic carbocycles. The molecule has 0 atom stereocenters. The Balaban J connectivity index is 3.95. The maximum Gasteiger partial charge on any atom is 0.419 e. The molecule has 0 saturated heterocycles. The van der Waals surface area contributed by atoms with E-state index in [2.05, 4.69) is 4.74 Å². The average molecular weight is 231 g/mol. The Hall–Kier alpha value is -0.360. The van der Waals surface area contributed by atoms with E-state index in [4.69, 9.17) is 0 Å². The molecule has 0 unspecified atom stereocenters. The molecule has 0 aromatic carbocycles. The van der Waals surface area contributed by atoms with Gasteiger partial charge in [-0.05, 0) is 13.1 Å². The highest BCUT2D eigenvalue weighted by Gasteiger charge is 2.53. The summed E-state index contributed by atoms with van der Waals surface area (Å²) in [6, 6.07) is 0. The number of alkyl halides is 4. The molecular weight excluding hydrogens is 214 g/mol. The van der Waals surface area contributed by atoms with Crippen molar-refractivity contribution in [1.82, 2.24) is 4.90 Å². The molecule has 0 aromatic rings. The van der Waals surface area contributed by atoms with Crippen molar-refractivity contribution in [3.8, 4) is 0 Å². The molecule has 6 heteroatoms. The van der Waals surface area contributed by atoms with Crippen LogP contribution < -0.4 is 0 Å². The van der Waals surface area contributed by atoms with Crippen LogP contribution >= 0.6 is 0 Å². The van der Waals surface area contributed by atoms with E-state index in [1.165, 1.54) is 0 Å². The zero-order valence-electron chi connectivity index (χ0n) is 9.20. The molecule has 15 heavy (non-hydrogen) atoms. The van der Waals surface area contributed by atoms with Gasteiger partial charge in [0.05, 0.1) is 6.61 Å². The van der Waals surface area contributed by atoms with Gasteiger partial charge < -0.3 is 9.64 Å². The van der Waals surface area contributed by atoms with Gasteiger partial charge in [-0.25, -0.2) is 0 Å². The first-order valence-electron chi connectivity index (χ1n) is 4.86. The van der Waals surface area contributed by atoms with E-state index < -0.39 is 18.6 Å². The van der Waals surface area contributed by atoms with Gasteiger partial charge >= 0.3 is 12.0 Å². The van der Waals surface area contributed by atoms with Gasteiger partial charge in [-0.2, -0.15) is 17.6 Å². The van der Waals surface area contributed by atoms with Gasteiger partial charge in [-0.3, -0.25) is 0 Å². The minimum absolute atomic E-state index is 0.143. The minimum atomic E-state index is -4.39. The molecule has 0 aliphatic heterocycles. The van der Waals surface area contributed by atoms with Crippen LogP contribution in [0.3, 0.4) is 0 Å². The van der Waals surface area contributed by atoms with E-state index in [-0.39, 0.29) is 13.5 Å². The van der Waals surface area contributed by atoms with Gasteiger partial charge in [0.25, 0.3) is 0 Å². The summed E-state index contributed by atoms with van der Waals surface area (Å²) in [6.07, 6.45) is -4.39. The highest BCUT2D eigenvalue weighted by Crippen LogP contribution is 2.34. The normalized spacial score (nSPS) is 13.6. The Morgan fingerprint density at radius 3 is 1.87 bits per heavy atom. The maximum absolute atomic E-state index is 12.6. The lowest BCUT2D eigenvalue weighted by molar-refractivity contribution is -0.341. The predicted octanol–water partition coefficient (Wildman–Crippen LogP) is 2.59. The van der Waals surface area contributed by atoms with Crippen LogP contribution in [0.4, 0.5) is 17.6 Å². The van der Waals surface area contributed by atoms with Gasteiger partial charge in [-0.15, -0.1) is 0 Å². The molecule has 0 saturated carbocycles. The third-order valence-corrected chi connectivity index (χ3v) is 2.10. The van der Waals surface area contributed by atoms with E-state index in [9.17, 15) is 17.6 Å². The van der Waals surface area contributed by atoms with Crippen LogP contribution in [0.1, 0.15) is 20.8 Å². The lowest BCUT2D eigenvalue weighted by Gasteiger charge is -2.24. The van der Waals surface area contributed by atoms with Crippen LogP contribution in [0, 0.1) is 0 Å². The Labute approximate surface area is 87.2 Å². The Kier molecular flexibility index (Phi) is 5.51. The Bertz CT molecular complexity index is 177. The van der Waals surface area contributed by atoms with Gasteiger partial charge in [0, 0.05) is 13.5 Å². The fraction of sp³-hybridized carbons (Fsp3) is 1.00. The number of hydrogen-bond acceptors (Lipinski definition) is 2. The summed E-state index contributed by atoms with van der Waals surface area (Å²) in [5, 5.41) is 0. The zero-order valence-corrected chi connectivity index (χ0v) is 9.20. The van der Waals surface area contributed by atoms with Gasteiger partial charge in [-0.1, -0.05) is 13.8 Å². The number of hydrogen-bond donors (Lipinski definition) is 0. The van der Waals surface area contributed by atoms with Crippen LogP contribution in [-0.2, 0) is 4.74 Å². The van der Waals surface area contributed by atoms with E-state index >= 15 is 0 Å². The van der Waals surface area contributed by atoms with Crippen LogP contribution in [-0.4, -0.2) is 43.2 Å². The SMILES string of the molecule is CCN(CC)CCOC(F)(F)C(C)(F)F. The first-order valence-corrected chi connectivity index (χ1v) is 4.86. The summed E-state index contributed by atoms with van der Waals surface area (Å²) in [5.41, 5.74) is 0. The van der Waals surface area contributed by atoms with Gasteiger partial charge in [0.15, 0.2) is 0 Å². The third kappa shape index (κ3) is 4.79. The second-order valence-electron chi connectivity index (χ2n) is 3.28. The molecular formula is C9H17F4NO. The second kappa shape index (κ2) is 5.65. The van der Waals surface area contributed by atoms with E-state index in [1.807, 2.05) is 18.7 Å². The highest BCUT2D eigenvalue weighted by atomic mass is 19.3. The monoisotopic (exact) mass is 231 g/mol. The Morgan fingerprint density at radius 1 is 1.07 bits per heavy atom. The summed E-state index contributed by atoms with van der Waals surface area (Å²) < 4.78 is 53.7. The van der Waals surface area contributed by atoms with Crippen molar-refractivity contribution in [2.75, 3.05) is 26.2 Å². The van der Waals surface area contributed by atoms with E-state index in [0.717, 1.165) is 0 Å². The molecule has 0 N–H and O–H groups in total. The van der Waals surface area contributed by atoms with Crippen LogP contribution in [0.5, 0.6) is 0 Å². The average Bonchev–Trinajstić information content (AvgIpc) is 2.10. The fourth-order valence-electron chi connectivity index (χ4n) is 0.969. The van der Waals surface area contributed by atoms with Crippen molar-refractivity contribution in [2.24, 2.45) is 0 Å². The van der Waals surface area contributed by atoms with Crippen LogP contribution in [0.25, 0.3) is 0 Å². The molecule has 0 aliphatic rings. The lowest BCUT2D eigenvalue weighted by atomic mass is 10.3. The zero-order chi connectivity index (χ0) is 12.1. The molecule has 0 fully saturated rings. The standard InChI is InChI=1S/C9H17F4NO/c1-4-14(5-2)6-7-15-9(12,13)8(3,10)11/h4-7H2,1-3H3. The molecule has 92 valence electrons. The molecule has 0 amide bonds. The highest BCUT2D eigenvalue weighted by molar-refractivity contribution is 4.70. The lowest BCUT2D eigenvalue weighted by Crippen LogP contribution is -2.42. The maximum atomic E-state index is 12.6. The molecule has 0 bridgehead atoms. The van der Waals surface area contributed by atoms with Crippen LogP contribution in [0.15, 0.2) is 0 Å². The number of ether oxygens (including phenoxy) is 1.